The van der Waals surface area contributed by atoms with Gasteiger partial charge in [-0.3, -0.25) is 19.2 Å². The van der Waals surface area contributed by atoms with Crippen molar-refractivity contribution in [2.75, 3.05) is 50.8 Å². The van der Waals surface area contributed by atoms with Crippen molar-refractivity contribution < 1.29 is 23.9 Å². The van der Waals surface area contributed by atoms with Crippen LogP contribution in [0, 0.1) is 0 Å². The first-order valence-electron chi connectivity index (χ1n) is 13.3. The minimum Gasteiger partial charge on any atom is -0.440 e. The highest BCUT2D eigenvalue weighted by atomic mass is 32.2. The third-order valence-electron chi connectivity index (χ3n) is 7.15. The third kappa shape index (κ3) is 6.48. The van der Waals surface area contributed by atoms with Crippen molar-refractivity contribution in [2.45, 2.75) is 24.8 Å². The second-order valence-electron chi connectivity index (χ2n) is 9.83. The molecule has 0 aliphatic carbocycles. The van der Waals surface area contributed by atoms with Gasteiger partial charge in [-0.2, -0.15) is 0 Å². The lowest BCUT2D eigenvalue weighted by atomic mass is 9.86. The maximum atomic E-state index is 13.9. The molecular formula is C27H32N6O5S2. The van der Waals surface area contributed by atoms with E-state index in [0.29, 0.717) is 74.7 Å². The van der Waals surface area contributed by atoms with Gasteiger partial charge in [-0.15, -0.1) is 28.2 Å². The normalized spacial score (nSPS) is 18.8. The summed E-state index contributed by atoms with van der Waals surface area (Å²) in [5.41, 5.74) is 1.87. The maximum Gasteiger partial charge on any atom is 0.275 e. The highest BCUT2D eigenvalue weighted by Crippen LogP contribution is 2.24. The Kier molecular flexibility index (Phi) is 9.02. The van der Waals surface area contributed by atoms with Crippen LogP contribution in [-0.4, -0.2) is 95.6 Å². The molecule has 0 spiro atoms. The van der Waals surface area contributed by atoms with E-state index in [-0.39, 0.29) is 41.0 Å². The largest absolute Gasteiger partial charge is 0.440 e. The van der Waals surface area contributed by atoms with E-state index in [0.717, 1.165) is 0 Å². The van der Waals surface area contributed by atoms with E-state index in [1.54, 1.807) is 29.2 Å². The van der Waals surface area contributed by atoms with Crippen molar-refractivity contribution in [2.24, 2.45) is 5.10 Å². The summed E-state index contributed by atoms with van der Waals surface area (Å²) in [5.74, 6) is 0.373. The van der Waals surface area contributed by atoms with Crippen molar-refractivity contribution in [3.8, 4) is 5.75 Å². The molecule has 4 amide bonds. The number of thiophene rings is 1. The number of nitrogens with zero attached hydrogens (tertiary/aromatic N) is 3. The fraction of sp³-hybridized carbons (Fsp3) is 0.444. The Morgan fingerprint density at radius 1 is 1.05 bits per heavy atom. The Balaban J connectivity index is 1.17. The van der Waals surface area contributed by atoms with E-state index in [1.165, 1.54) is 23.1 Å². The SMILES string of the molecule is O=C(CSCC1=NNC(=O)c2ccccc2O1)NC1(C(=O)N2CCCN(C(=O)c3cccs3)CC2)CCNCC1. The fourth-order valence-corrected chi connectivity index (χ4v) is 6.44. The number of hydrazone groups is 1. The molecule has 3 N–H and O–H groups in total. The number of hydrogen-bond acceptors (Lipinski definition) is 9. The lowest BCUT2D eigenvalue weighted by Crippen LogP contribution is -2.64. The van der Waals surface area contributed by atoms with Gasteiger partial charge in [-0.05, 0) is 55.9 Å². The van der Waals surface area contributed by atoms with Crippen LogP contribution >= 0.6 is 23.1 Å². The van der Waals surface area contributed by atoms with Gasteiger partial charge in [-0.25, -0.2) is 5.43 Å². The summed E-state index contributed by atoms with van der Waals surface area (Å²) >= 11 is 2.71. The summed E-state index contributed by atoms with van der Waals surface area (Å²) in [6.45, 7) is 3.27. The average molecular weight is 585 g/mol. The van der Waals surface area contributed by atoms with Crippen LogP contribution in [0.4, 0.5) is 0 Å². The van der Waals surface area contributed by atoms with Gasteiger partial charge in [0.2, 0.25) is 17.7 Å². The zero-order valence-corrected chi connectivity index (χ0v) is 23.7. The van der Waals surface area contributed by atoms with Gasteiger partial charge in [0, 0.05) is 26.2 Å². The molecule has 5 rings (SSSR count). The van der Waals surface area contributed by atoms with Gasteiger partial charge in [0.1, 0.15) is 11.3 Å². The van der Waals surface area contributed by atoms with Crippen molar-refractivity contribution in [3.05, 3.63) is 52.2 Å². The Bertz CT molecular complexity index is 1280. The first-order valence-corrected chi connectivity index (χ1v) is 15.3. The molecule has 0 radical (unpaired) electrons. The summed E-state index contributed by atoms with van der Waals surface area (Å²) in [6, 6.07) is 10.6. The molecule has 0 atom stereocenters. The van der Waals surface area contributed by atoms with Crippen LogP contribution < -0.4 is 20.8 Å². The van der Waals surface area contributed by atoms with Crippen molar-refractivity contribution in [1.82, 2.24) is 25.9 Å². The van der Waals surface area contributed by atoms with Crippen LogP contribution in [0.25, 0.3) is 0 Å². The molecule has 4 heterocycles. The van der Waals surface area contributed by atoms with E-state index in [2.05, 4.69) is 21.2 Å². The van der Waals surface area contributed by atoms with Crippen LogP contribution in [0.15, 0.2) is 46.9 Å². The molecule has 13 heteroatoms. The number of thioether (sulfide) groups is 1. The predicted molar refractivity (Wildman–Crippen MR) is 154 cm³/mol. The lowest BCUT2D eigenvalue weighted by Gasteiger charge is -2.40. The van der Waals surface area contributed by atoms with E-state index < -0.39 is 5.54 Å². The molecule has 1 aromatic heterocycles. The third-order valence-corrected chi connectivity index (χ3v) is 8.92. The highest BCUT2D eigenvalue weighted by Gasteiger charge is 2.43. The molecule has 2 aromatic rings. The first kappa shape index (κ1) is 28.1. The summed E-state index contributed by atoms with van der Waals surface area (Å²) in [6.07, 6.45) is 1.67. The fourth-order valence-electron chi connectivity index (χ4n) is 5.09. The van der Waals surface area contributed by atoms with E-state index in [4.69, 9.17) is 4.74 Å². The quantitative estimate of drug-likeness (QED) is 0.450. The van der Waals surface area contributed by atoms with Gasteiger partial charge in [-0.1, -0.05) is 18.2 Å². The van der Waals surface area contributed by atoms with E-state index >= 15 is 0 Å². The second kappa shape index (κ2) is 12.8. The van der Waals surface area contributed by atoms with Gasteiger partial charge in [0.25, 0.3) is 11.8 Å². The number of fused-ring (bicyclic) bond motifs is 1. The average Bonchev–Trinajstić information content (AvgIpc) is 3.33. The molecule has 2 saturated heterocycles. The number of piperidine rings is 1. The second-order valence-corrected chi connectivity index (χ2v) is 11.8. The number of para-hydroxylation sites is 1. The standard InChI is InChI=1S/C27H32N6O5S2/c34-22(17-39-18-23-30-31-24(35)19-5-1-2-6-20(19)38-23)29-27(8-10-28-11-9-27)26(37)33-13-4-12-32(14-15-33)25(36)21-7-3-16-40-21/h1-3,5-7,16,28H,4,8-15,17-18H2,(H,29,34)(H,31,35). The van der Waals surface area contributed by atoms with E-state index in [9.17, 15) is 19.2 Å². The Morgan fingerprint density at radius 3 is 2.62 bits per heavy atom. The van der Waals surface area contributed by atoms with Crippen LogP contribution in [0.3, 0.4) is 0 Å². The number of carbonyl (C=O) groups is 4. The van der Waals surface area contributed by atoms with E-state index in [1.807, 2.05) is 22.4 Å². The molecule has 1 aromatic carbocycles. The molecule has 3 aliphatic rings. The van der Waals surface area contributed by atoms with Gasteiger partial charge >= 0.3 is 0 Å². The monoisotopic (exact) mass is 584 g/mol. The number of benzene rings is 1. The van der Waals surface area contributed by atoms with Crippen LogP contribution in [0.5, 0.6) is 5.75 Å². The number of carbonyl (C=O) groups excluding carboxylic acids is 4. The number of rotatable bonds is 7. The topological polar surface area (TPSA) is 132 Å². The summed E-state index contributed by atoms with van der Waals surface area (Å²) in [7, 11) is 0. The lowest BCUT2D eigenvalue weighted by molar-refractivity contribution is -0.142. The minimum atomic E-state index is -0.987. The van der Waals surface area contributed by atoms with Gasteiger partial charge in [0.05, 0.1) is 21.9 Å². The number of amides is 4. The number of nitrogens with one attached hydrogen (secondary N) is 3. The molecule has 40 heavy (non-hydrogen) atoms. The van der Waals surface area contributed by atoms with Crippen LogP contribution in [0.2, 0.25) is 0 Å². The van der Waals surface area contributed by atoms with Gasteiger partial charge in [0.15, 0.2) is 0 Å². The van der Waals surface area contributed by atoms with Crippen LogP contribution in [0.1, 0.15) is 39.3 Å². The van der Waals surface area contributed by atoms with Crippen LogP contribution in [-0.2, 0) is 9.59 Å². The van der Waals surface area contributed by atoms with Crippen molar-refractivity contribution in [1.29, 1.82) is 0 Å². The predicted octanol–water partition coefficient (Wildman–Crippen LogP) is 1.53. The molecule has 2 fully saturated rings. The molecule has 3 aliphatic heterocycles. The minimum absolute atomic E-state index is 0.00323. The zero-order chi connectivity index (χ0) is 28.0. The number of hydrogen-bond donors (Lipinski definition) is 3. The molecular weight excluding hydrogens is 552 g/mol. The molecule has 212 valence electrons. The number of ether oxygens (including phenoxy) is 1. The smallest absolute Gasteiger partial charge is 0.275 e. The first-order chi connectivity index (χ1) is 19.4. The Morgan fingerprint density at radius 2 is 1.82 bits per heavy atom. The van der Waals surface area contributed by atoms with Gasteiger partial charge < -0.3 is 25.2 Å². The van der Waals surface area contributed by atoms with Crippen molar-refractivity contribution in [3.63, 3.8) is 0 Å². The molecule has 11 nitrogen and oxygen atoms in total. The highest BCUT2D eigenvalue weighted by molar-refractivity contribution is 8.00. The Hall–Kier alpha value is -3.42. The molecule has 0 bridgehead atoms. The zero-order valence-electron chi connectivity index (χ0n) is 22.0. The Labute approximate surface area is 240 Å². The summed E-state index contributed by atoms with van der Waals surface area (Å²) in [5, 5.41) is 12.2. The molecule has 0 unspecified atom stereocenters. The summed E-state index contributed by atoms with van der Waals surface area (Å²) < 4.78 is 5.78. The maximum absolute atomic E-state index is 13.9. The molecule has 0 saturated carbocycles. The summed E-state index contributed by atoms with van der Waals surface area (Å²) in [4.78, 5) is 56.3. The van der Waals surface area contributed by atoms with Crippen molar-refractivity contribution >= 4 is 52.6 Å².